The SMILES string of the molecule is Cc1cc(C)c(-n2nc(C)nc2-c2[c-]ccc(-c3cc(C#N)ccc3C)c2)c(C)c1.Cc1nc(-c2[c-]ccc(-c3c(C)ccc(C#N)c3C)c2)n(-c2c(C(C)C)cccc2C(C)C)n1.[C-]#[N+]c1cc(C)c(-c2cc[c-]c(-c3nc(C)nn3-c3c(C)cc(C)cc3C)c2)c(C)c1.[C-]#[N+]c1ccc(-c2cc[c-]c(-c3nc(C)nn3-c3c(C)cc(C)cc3C)c2)cc1.[Ir].[Ir].[Ir].[Ir]. The number of para-hydroxylation sites is 1. The minimum Gasteiger partial charge on any atom is -0.262 e. The Hall–Kier alpha value is -12.2. The number of benzene rings is 12. The van der Waals surface area contributed by atoms with E-state index >= 15 is 0 Å². The molecule has 128 heavy (non-hydrogen) atoms. The average molecular weight is 2390 g/mol. The molecule has 0 atom stereocenters. The van der Waals surface area contributed by atoms with Crippen LogP contribution in [0.1, 0.15) is 163 Å². The Morgan fingerprint density at radius 3 is 1.03 bits per heavy atom. The topological polar surface area (TPSA) is 179 Å². The van der Waals surface area contributed by atoms with Crippen molar-refractivity contribution >= 4 is 11.4 Å². The van der Waals surface area contributed by atoms with Crippen LogP contribution < -0.4 is 0 Å². The first-order chi connectivity index (χ1) is 59.3. The largest absolute Gasteiger partial charge is 0.262 e. The van der Waals surface area contributed by atoms with E-state index in [-0.39, 0.29) is 80.4 Å². The number of aromatic nitrogens is 12. The zero-order valence-electron chi connectivity index (χ0n) is 76.1. The van der Waals surface area contributed by atoms with Crippen LogP contribution in [0.15, 0.2) is 194 Å². The smallest absolute Gasteiger partial charge is 0.187 e. The van der Waals surface area contributed by atoms with Crippen LogP contribution in [0.25, 0.3) is 122 Å². The van der Waals surface area contributed by atoms with Crippen molar-refractivity contribution in [1.29, 1.82) is 10.5 Å². The molecule has 20 heteroatoms. The Labute approximate surface area is 808 Å². The Bertz CT molecular complexity index is 6870. The van der Waals surface area contributed by atoms with Gasteiger partial charge in [-0.1, -0.05) is 159 Å². The summed E-state index contributed by atoms with van der Waals surface area (Å²) in [6.07, 6.45) is 0. The Balaban J connectivity index is 0.000000191. The third kappa shape index (κ3) is 21.8. The van der Waals surface area contributed by atoms with Gasteiger partial charge in [0, 0.05) is 80.4 Å². The molecule has 0 saturated heterocycles. The van der Waals surface area contributed by atoms with Crippen LogP contribution in [-0.4, -0.2) is 59.1 Å². The van der Waals surface area contributed by atoms with Gasteiger partial charge in [0.05, 0.1) is 82.5 Å². The minimum absolute atomic E-state index is 0. The maximum absolute atomic E-state index is 9.54. The van der Waals surface area contributed by atoms with Crippen LogP contribution >= 0.6 is 0 Å². The molecule has 0 aliphatic heterocycles. The summed E-state index contributed by atoms with van der Waals surface area (Å²) in [6, 6.07) is 82.9. The van der Waals surface area contributed by atoms with Gasteiger partial charge >= 0.3 is 0 Å². The molecule has 652 valence electrons. The summed E-state index contributed by atoms with van der Waals surface area (Å²) >= 11 is 0. The van der Waals surface area contributed by atoms with Gasteiger partial charge in [0.25, 0.3) is 0 Å². The molecule has 12 aromatic carbocycles. The molecule has 4 heterocycles. The second kappa shape index (κ2) is 43.0. The van der Waals surface area contributed by atoms with Crippen LogP contribution in [0.2, 0.25) is 0 Å². The number of hydrogen-bond acceptors (Lipinski definition) is 10. The van der Waals surface area contributed by atoms with Crippen molar-refractivity contribution in [2.45, 2.75) is 164 Å². The van der Waals surface area contributed by atoms with E-state index in [9.17, 15) is 10.5 Å². The molecule has 0 bridgehead atoms. The molecule has 16 rings (SSSR count). The molecule has 0 unspecified atom stereocenters. The summed E-state index contributed by atoms with van der Waals surface area (Å²) < 4.78 is 7.79. The second-order valence-electron chi connectivity index (χ2n) is 32.8. The molecular formula is C108H100Ir4N16-4. The van der Waals surface area contributed by atoms with E-state index in [2.05, 4.69) is 260 Å². The van der Waals surface area contributed by atoms with Gasteiger partial charge in [-0.15, -0.1) is 142 Å². The Morgan fingerprint density at radius 1 is 0.320 bits per heavy atom. The fraction of sp³-hybridized carbons (Fsp3) is 0.222. The summed E-state index contributed by atoms with van der Waals surface area (Å²) in [6.45, 7) is 60.2. The van der Waals surface area contributed by atoms with Gasteiger partial charge < -0.3 is 0 Å². The van der Waals surface area contributed by atoms with Crippen LogP contribution in [0.5, 0.6) is 0 Å². The van der Waals surface area contributed by atoms with Gasteiger partial charge in [0.15, 0.2) is 11.4 Å². The van der Waals surface area contributed by atoms with Crippen molar-refractivity contribution < 1.29 is 80.4 Å². The van der Waals surface area contributed by atoms with E-state index in [1.165, 1.54) is 50.1 Å². The zero-order valence-corrected chi connectivity index (χ0v) is 85.7. The first kappa shape index (κ1) is 99.5. The summed E-state index contributed by atoms with van der Waals surface area (Å²) in [5.41, 5.74) is 37.6. The second-order valence-corrected chi connectivity index (χ2v) is 32.8. The van der Waals surface area contributed by atoms with Crippen LogP contribution in [0, 0.1) is 185 Å². The summed E-state index contributed by atoms with van der Waals surface area (Å²) in [5, 5.41) is 37.8. The summed E-state index contributed by atoms with van der Waals surface area (Å²) in [4.78, 5) is 26.1. The normalized spacial score (nSPS) is 10.6. The standard InChI is InChI=1S/C30H31N4.C27H25N4.C26H23N4.C25H21N4.4Ir/c1-18(2)26-12-9-13-27(19(3)4)29(26)34-30(32-22(7)33-34)24-11-8-10-23(16-24)28-20(5)14-15-25(17-31)21(28)6;1-16-11-19(4)26(20(5)12-16)31-27(29-21(6)30-31)23-10-8-9-22(15-23)25-17(2)13-24(28-7)14-18(25)3;1-16-11-18(3)25(19(4)12-16)30-26(28-20(5)29-30)23-8-6-7-22(14-23)24-13-21(15-27)10-9-17(24)2;1-16-13-17(2)24(18(3)14-16)29-25(27-19(4)28-29)22-8-6-7-21(15-22)20-9-11-23(26-5)12-10-20;;;;/h8-10,12-16,18-19H,1-7H3;8-9,11-15H,1-6H3;6-7,9-14H,1-5H3;6-7,9-15H,1-4H3;;;;/q4*-1;;;;. The maximum atomic E-state index is 9.54. The molecule has 16 aromatic rings. The van der Waals surface area contributed by atoms with Crippen molar-refractivity contribution in [2.24, 2.45) is 0 Å². The molecule has 4 aromatic heterocycles. The number of nitriles is 2. The van der Waals surface area contributed by atoms with E-state index in [0.717, 1.165) is 169 Å². The molecule has 0 saturated carbocycles. The molecule has 0 amide bonds. The van der Waals surface area contributed by atoms with E-state index in [4.69, 9.17) is 48.4 Å². The van der Waals surface area contributed by atoms with Gasteiger partial charge in [0.1, 0.15) is 23.3 Å². The molecule has 4 radical (unpaired) electrons. The van der Waals surface area contributed by atoms with Crippen LogP contribution in [0.3, 0.4) is 0 Å². The van der Waals surface area contributed by atoms with E-state index in [0.29, 0.717) is 40.2 Å². The van der Waals surface area contributed by atoms with Crippen LogP contribution in [-0.2, 0) is 80.4 Å². The van der Waals surface area contributed by atoms with Crippen molar-refractivity contribution in [3.8, 4) is 125 Å². The van der Waals surface area contributed by atoms with Crippen molar-refractivity contribution in [3.63, 3.8) is 0 Å². The van der Waals surface area contributed by atoms with Crippen molar-refractivity contribution in [3.05, 3.63) is 365 Å². The minimum atomic E-state index is 0. The number of nitrogens with zero attached hydrogens (tertiary/aromatic N) is 16. The third-order valence-electron chi connectivity index (χ3n) is 22.1. The van der Waals surface area contributed by atoms with Crippen molar-refractivity contribution in [1.82, 2.24) is 59.1 Å². The predicted molar refractivity (Wildman–Crippen MR) is 500 cm³/mol. The fourth-order valence-electron chi connectivity index (χ4n) is 16.9. The van der Waals surface area contributed by atoms with Gasteiger partial charge in [-0.2, -0.15) is 30.9 Å². The average Bonchev–Trinajstić information content (AvgIpc) is 1.58. The van der Waals surface area contributed by atoms with Crippen LogP contribution in [0.4, 0.5) is 11.4 Å². The van der Waals surface area contributed by atoms with Gasteiger partial charge in [0.2, 0.25) is 0 Å². The van der Waals surface area contributed by atoms with E-state index in [1.807, 2.05) is 156 Å². The van der Waals surface area contributed by atoms with E-state index < -0.39 is 0 Å². The van der Waals surface area contributed by atoms with Gasteiger partial charge in [-0.25, -0.2) is 9.69 Å². The molecule has 0 aliphatic rings. The third-order valence-corrected chi connectivity index (χ3v) is 22.1. The van der Waals surface area contributed by atoms with Gasteiger partial charge in [-0.3, -0.25) is 38.7 Å². The van der Waals surface area contributed by atoms with Gasteiger partial charge in [-0.05, 0) is 238 Å². The zero-order chi connectivity index (χ0) is 88.8. The Kier molecular flexibility index (Phi) is 33.5. The summed E-state index contributed by atoms with van der Waals surface area (Å²) in [7, 11) is 0. The first-order valence-electron chi connectivity index (χ1n) is 41.5. The molecule has 0 aliphatic carbocycles. The predicted octanol–water partition coefficient (Wildman–Crippen LogP) is 26.2. The number of hydrogen-bond donors (Lipinski definition) is 0. The quantitative estimate of drug-likeness (QED) is 0.0951. The molecule has 16 nitrogen and oxygen atoms in total. The molecule has 0 spiro atoms. The maximum Gasteiger partial charge on any atom is 0.187 e. The first-order valence-corrected chi connectivity index (χ1v) is 41.5. The molecule has 0 fully saturated rings. The summed E-state index contributed by atoms with van der Waals surface area (Å²) in [5.74, 6) is 6.67. The Morgan fingerprint density at radius 2 is 0.664 bits per heavy atom. The molecule has 0 N–H and O–H groups in total. The number of aryl methyl sites for hydroxylation is 17. The molecular weight excluding hydrogens is 2290 g/mol. The van der Waals surface area contributed by atoms with E-state index in [1.54, 1.807) is 0 Å². The van der Waals surface area contributed by atoms with Crippen molar-refractivity contribution in [2.75, 3.05) is 0 Å². The number of rotatable bonds is 14. The monoisotopic (exact) mass is 2390 g/mol. The fourth-order valence-corrected chi connectivity index (χ4v) is 16.9.